The van der Waals surface area contributed by atoms with E-state index in [1.54, 1.807) is 12.1 Å². The fourth-order valence-corrected chi connectivity index (χ4v) is 3.19. The fraction of sp³-hybridized carbons (Fsp3) is 0.158. The Labute approximate surface area is 149 Å². The van der Waals surface area contributed by atoms with E-state index in [1.165, 1.54) is 12.1 Å². The Balaban J connectivity index is 1.95. The van der Waals surface area contributed by atoms with Crippen LogP contribution in [-0.4, -0.2) is 24.7 Å². The van der Waals surface area contributed by atoms with Crippen LogP contribution >= 0.6 is 0 Å². The molecule has 3 heterocycles. The summed E-state index contributed by atoms with van der Waals surface area (Å²) in [5.74, 6) is 0. The molecule has 0 spiro atoms. The first kappa shape index (κ1) is 16.0. The van der Waals surface area contributed by atoms with Crippen LogP contribution in [0.1, 0.15) is 12.5 Å². The Kier molecular flexibility index (Phi) is 3.76. The molecule has 4 aromatic rings. The molecule has 0 saturated carbocycles. The predicted octanol–water partition coefficient (Wildman–Crippen LogP) is 4.33. The molecule has 0 aliphatic heterocycles. The summed E-state index contributed by atoms with van der Waals surface area (Å²) in [7, 11) is 0. The summed E-state index contributed by atoms with van der Waals surface area (Å²) in [6, 6.07) is 8.52. The number of benzene rings is 1. The van der Waals surface area contributed by atoms with Gasteiger partial charge >= 0.3 is 0 Å². The van der Waals surface area contributed by atoms with Crippen LogP contribution in [0.4, 0.5) is 5.69 Å². The Morgan fingerprint density at radius 3 is 2.69 bits per heavy atom. The van der Waals surface area contributed by atoms with E-state index in [0.717, 1.165) is 45.5 Å². The van der Waals surface area contributed by atoms with Crippen molar-refractivity contribution in [1.82, 2.24) is 19.7 Å². The second-order valence-corrected chi connectivity index (χ2v) is 6.11. The molecule has 0 saturated heterocycles. The van der Waals surface area contributed by atoms with Crippen LogP contribution in [0.3, 0.4) is 0 Å². The maximum absolute atomic E-state index is 10.9. The highest BCUT2D eigenvalue weighted by Crippen LogP contribution is 2.37. The first-order valence-corrected chi connectivity index (χ1v) is 8.34. The monoisotopic (exact) mass is 347 g/mol. The summed E-state index contributed by atoms with van der Waals surface area (Å²) < 4.78 is 1.88. The van der Waals surface area contributed by atoms with E-state index in [2.05, 4.69) is 9.97 Å². The average molecular weight is 347 g/mol. The number of fused-ring (bicyclic) bond motifs is 1. The van der Waals surface area contributed by atoms with Gasteiger partial charge in [-0.15, -0.1) is 0 Å². The molecule has 0 atom stereocenters. The van der Waals surface area contributed by atoms with E-state index in [4.69, 9.17) is 5.10 Å². The normalized spacial score (nSPS) is 11.2. The second kappa shape index (κ2) is 6.11. The molecule has 0 radical (unpaired) electrons. The van der Waals surface area contributed by atoms with Gasteiger partial charge in [0.2, 0.25) is 0 Å². The van der Waals surface area contributed by atoms with Gasteiger partial charge in [-0.2, -0.15) is 5.10 Å². The third kappa shape index (κ3) is 2.54. The molecule has 0 amide bonds. The van der Waals surface area contributed by atoms with Gasteiger partial charge in [0.05, 0.1) is 4.92 Å². The summed E-state index contributed by atoms with van der Waals surface area (Å²) >= 11 is 0. The van der Waals surface area contributed by atoms with Gasteiger partial charge < -0.3 is 4.98 Å². The minimum absolute atomic E-state index is 0.0679. The lowest BCUT2D eigenvalue weighted by Gasteiger charge is -2.08. The molecule has 0 fully saturated rings. The van der Waals surface area contributed by atoms with Crippen molar-refractivity contribution in [3.8, 4) is 22.4 Å². The first-order valence-electron chi connectivity index (χ1n) is 8.34. The predicted molar refractivity (Wildman–Crippen MR) is 99.8 cm³/mol. The van der Waals surface area contributed by atoms with E-state index in [1.807, 2.05) is 43.2 Å². The van der Waals surface area contributed by atoms with Gasteiger partial charge in [0.15, 0.2) is 0 Å². The van der Waals surface area contributed by atoms with Crippen LogP contribution in [0.5, 0.6) is 0 Å². The number of hydrogen-bond donors (Lipinski definition) is 1. The quantitative estimate of drug-likeness (QED) is 0.439. The molecular weight excluding hydrogens is 330 g/mol. The molecule has 4 rings (SSSR count). The zero-order valence-corrected chi connectivity index (χ0v) is 14.4. The molecule has 3 aromatic heterocycles. The molecule has 0 aliphatic carbocycles. The van der Waals surface area contributed by atoms with Gasteiger partial charge in [0, 0.05) is 59.3 Å². The Morgan fingerprint density at radius 1 is 1.23 bits per heavy atom. The molecule has 7 nitrogen and oxygen atoms in total. The minimum Gasteiger partial charge on any atom is -0.346 e. The number of aromatic amines is 1. The lowest BCUT2D eigenvalue weighted by Crippen LogP contribution is -1.94. The lowest BCUT2D eigenvalue weighted by molar-refractivity contribution is -0.384. The van der Waals surface area contributed by atoms with E-state index in [0.29, 0.717) is 0 Å². The number of nitrogens with one attached hydrogen (secondary N) is 1. The Morgan fingerprint density at radius 2 is 2.00 bits per heavy atom. The van der Waals surface area contributed by atoms with Gasteiger partial charge in [0.1, 0.15) is 11.3 Å². The van der Waals surface area contributed by atoms with Crippen LogP contribution in [0, 0.1) is 17.0 Å². The Bertz CT molecular complexity index is 1110. The summed E-state index contributed by atoms with van der Waals surface area (Å²) in [6.45, 7) is 4.79. The number of hydrogen-bond acceptors (Lipinski definition) is 4. The van der Waals surface area contributed by atoms with Crippen LogP contribution < -0.4 is 0 Å². The number of H-pyrrole nitrogens is 1. The molecule has 1 N–H and O–H groups in total. The number of nitrogens with zero attached hydrogens (tertiary/aromatic N) is 4. The number of aryl methyl sites for hydroxylation is 2. The van der Waals surface area contributed by atoms with Gasteiger partial charge in [-0.25, -0.2) is 4.98 Å². The summed E-state index contributed by atoms with van der Waals surface area (Å²) in [5, 5.41) is 16.7. The van der Waals surface area contributed by atoms with Crippen molar-refractivity contribution in [2.24, 2.45) is 0 Å². The topological polar surface area (TPSA) is 89.6 Å². The van der Waals surface area contributed by atoms with E-state index in [-0.39, 0.29) is 5.69 Å². The summed E-state index contributed by atoms with van der Waals surface area (Å²) in [4.78, 5) is 18.1. The van der Waals surface area contributed by atoms with E-state index in [9.17, 15) is 10.1 Å². The maximum Gasteiger partial charge on any atom is 0.269 e. The van der Waals surface area contributed by atoms with Gasteiger partial charge in [0.25, 0.3) is 5.69 Å². The van der Waals surface area contributed by atoms with Gasteiger partial charge in [-0.1, -0.05) is 0 Å². The molecule has 7 heteroatoms. The standard InChI is InChI=1S/C19H17N5O2/c1-3-23-11-16(17-12(2)10-21-19-15(17)8-9-20-19)18(22-23)13-4-6-14(7-5-13)24(25)26/h4-11H,3H2,1-2H3,(H,20,21). The number of nitro benzene ring substituents is 1. The van der Waals surface area contributed by atoms with Crippen molar-refractivity contribution < 1.29 is 4.92 Å². The van der Waals surface area contributed by atoms with Crippen molar-refractivity contribution in [3.63, 3.8) is 0 Å². The fourth-order valence-electron chi connectivity index (χ4n) is 3.19. The van der Waals surface area contributed by atoms with Crippen molar-refractivity contribution in [3.05, 3.63) is 64.6 Å². The van der Waals surface area contributed by atoms with Gasteiger partial charge in [-0.3, -0.25) is 14.8 Å². The second-order valence-electron chi connectivity index (χ2n) is 6.11. The smallest absolute Gasteiger partial charge is 0.269 e. The maximum atomic E-state index is 10.9. The third-order valence-corrected chi connectivity index (χ3v) is 4.48. The number of rotatable bonds is 4. The first-order chi connectivity index (χ1) is 12.6. The van der Waals surface area contributed by atoms with Crippen molar-refractivity contribution >= 4 is 16.7 Å². The molecule has 26 heavy (non-hydrogen) atoms. The largest absolute Gasteiger partial charge is 0.346 e. The highest BCUT2D eigenvalue weighted by atomic mass is 16.6. The van der Waals surface area contributed by atoms with Crippen LogP contribution in [0.25, 0.3) is 33.4 Å². The SMILES string of the molecule is CCn1cc(-c2c(C)cnc3[nH]ccc23)c(-c2ccc([N+](=O)[O-])cc2)n1. The average Bonchev–Trinajstić information content (AvgIpc) is 3.28. The molecule has 0 aliphatic rings. The molecule has 0 unspecified atom stereocenters. The van der Waals surface area contributed by atoms with E-state index >= 15 is 0 Å². The van der Waals surface area contributed by atoms with Crippen molar-refractivity contribution in [1.29, 1.82) is 0 Å². The van der Waals surface area contributed by atoms with Crippen LogP contribution in [0.2, 0.25) is 0 Å². The summed E-state index contributed by atoms with van der Waals surface area (Å²) in [6.07, 6.45) is 5.74. The zero-order chi connectivity index (χ0) is 18.3. The lowest BCUT2D eigenvalue weighted by atomic mass is 9.97. The molecule has 0 bridgehead atoms. The molecular formula is C19H17N5O2. The van der Waals surface area contributed by atoms with Crippen molar-refractivity contribution in [2.75, 3.05) is 0 Å². The minimum atomic E-state index is -0.397. The van der Waals surface area contributed by atoms with Crippen molar-refractivity contribution in [2.45, 2.75) is 20.4 Å². The van der Waals surface area contributed by atoms with Gasteiger partial charge in [-0.05, 0) is 37.6 Å². The molecule has 130 valence electrons. The third-order valence-electron chi connectivity index (χ3n) is 4.48. The molecule has 1 aromatic carbocycles. The summed E-state index contributed by atoms with van der Waals surface area (Å²) in [5.41, 5.74) is 5.66. The number of nitro groups is 1. The zero-order valence-electron chi connectivity index (χ0n) is 14.4. The number of aromatic nitrogens is 4. The number of non-ortho nitro benzene ring substituents is 1. The van der Waals surface area contributed by atoms with Crippen LogP contribution in [-0.2, 0) is 6.54 Å². The Hall–Kier alpha value is -3.48. The van der Waals surface area contributed by atoms with E-state index < -0.39 is 4.92 Å². The highest BCUT2D eigenvalue weighted by molar-refractivity contribution is 5.98. The highest BCUT2D eigenvalue weighted by Gasteiger charge is 2.18. The number of pyridine rings is 1. The van der Waals surface area contributed by atoms with Crippen LogP contribution in [0.15, 0.2) is 48.9 Å².